The highest BCUT2D eigenvalue weighted by Gasteiger charge is 2.08. The van der Waals surface area contributed by atoms with Crippen LogP contribution in [-0.4, -0.2) is 16.3 Å². The first kappa shape index (κ1) is 12.8. The Labute approximate surface area is 109 Å². The molecule has 0 spiro atoms. The minimum atomic E-state index is 0.581. The number of hydrogen-bond donors (Lipinski definition) is 1. The van der Waals surface area contributed by atoms with Crippen LogP contribution in [0.5, 0.6) is 0 Å². The molecule has 0 amide bonds. The molecule has 2 rings (SSSR count). The molecule has 1 atom stereocenters. The van der Waals surface area contributed by atoms with E-state index in [0.717, 1.165) is 24.9 Å². The highest BCUT2D eigenvalue weighted by Crippen LogP contribution is 2.26. The summed E-state index contributed by atoms with van der Waals surface area (Å²) in [4.78, 5) is 0. The fraction of sp³-hybridized carbons (Fsp3) is 0.400. The van der Waals surface area contributed by atoms with Crippen molar-refractivity contribution in [2.75, 3.05) is 6.54 Å². The van der Waals surface area contributed by atoms with Crippen LogP contribution in [0, 0.1) is 0 Å². The van der Waals surface area contributed by atoms with Crippen LogP contribution >= 0.6 is 0 Å². The van der Waals surface area contributed by atoms with E-state index in [4.69, 9.17) is 5.73 Å². The summed E-state index contributed by atoms with van der Waals surface area (Å²) in [6.07, 6.45) is 6.13. The lowest BCUT2D eigenvalue weighted by molar-refractivity contribution is 0.614. The van der Waals surface area contributed by atoms with Gasteiger partial charge in [0, 0.05) is 18.8 Å². The second kappa shape index (κ2) is 5.83. The molecule has 1 heterocycles. The van der Waals surface area contributed by atoms with Crippen molar-refractivity contribution >= 4 is 0 Å². The Kier molecular flexibility index (Phi) is 4.15. The van der Waals surface area contributed by atoms with Gasteiger partial charge in [-0.2, -0.15) is 5.10 Å². The molecule has 0 fully saturated rings. The van der Waals surface area contributed by atoms with Gasteiger partial charge in [0.1, 0.15) is 0 Å². The molecule has 1 unspecified atom stereocenters. The topological polar surface area (TPSA) is 43.8 Å². The second-order valence-corrected chi connectivity index (χ2v) is 4.71. The van der Waals surface area contributed by atoms with E-state index in [2.05, 4.69) is 36.3 Å². The number of hydrogen-bond acceptors (Lipinski definition) is 2. The first-order chi connectivity index (χ1) is 8.74. The molecule has 0 aliphatic rings. The van der Waals surface area contributed by atoms with E-state index in [1.807, 2.05) is 24.1 Å². The van der Waals surface area contributed by atoms with Crippen LogP contribution in [0.3, 0.4) is 0 Å². The third-order valence-corrected chi connectivity index (χ3v) is 3.43. The Morgan fingerprint density at radius 3 is 2.44 bits per heavy atom. The molecule has 0 aliphatic carbocycles. The molecule has 0 saturated carbocycles. The summed E-state index contributed by atoms with van der Waals surface area (Å²) in [6, 6.07) is 8.77. The molecule has 3 nitrogen and oxygen atoms in total. The van der Waals surface area contributed by atoms with E-state index in [1.54, 1.807) is 0 Å². The molecular formula is C15H21N3. The van der Waals surface area contributed by atoms with Crippen molar-refractivity contribution in [3.05, 3.63) is 42.2 Å². The van der Waals surface area contributed by atoms with Crippen LogP contribution < -0.4 is 5.73 Å². The van der Waals surface area contributed by atoms with Crippen LogP contribution in [-0.2, 0) is 7.05 Å². The van der Waals surface area contributed by atoms with Gasteiger partial charge in [0.15, 0.2) is 0 Å². The summed E-state index contributed by atoms with van der Waals surface area (Å²) in [5, 5.41) is 4.20. The summed E-state index contributed by atoms with van der Waals surface area (Å²) in [5.41, 5.74) is 9.42. The van der Waals surface area contributed by atoms with Gasteiger partial charge in [-0.05, 0) is 36.4 Å². The van der Waals surface area contributed by atoms with Gasteiger partial charge in [-0.1, -0.05) is 31.2 Å². The molecular weight excluding hydrogens is 222 g/mol. The zero-order valence-corrected chi connectivity index (χ0v) is 11.1. The maximum Gasteiger partial charge on any atom is 0.0568 e. The van der Waals surface area contributed by atoms with Crippen LogP contribution in [0.25, 0.3) is 11.1 Å². The van der Waals surface area contributed by atoms with Gasteiger partial charge in [-0.3, -0.25) is 4.68 Å². The SMILES string of the molecule is CCC(CCN)c1ccc(-c2cnn(C)c2)cc1. The van der Waals surface area contributed by atoms with Gasteiger partial charge in [0.2, 0.25) is 0 Å². The Morgan fingerprint density at radius 2 is 1.94 bits per heavy atom. The molecule has 0 bridgehead atoms. The van der Waals surface area contributed by atoms with Crippen LogP contribution in [0.15, 0.2) is 36.7 Å². The normalized spacial score (nSPS) is 12.6. The lowest BCUT2D eigenvalue weighted by Crippen LogP contribution is -2.06. The minimum absolute atomic E-state index is 0.581. The second-order valence-electron chi connectivity index (χ2n) is 4.71. The van der Waals surface area contributed by atoms with E-state index in [0.29, 0.717) is 5.92 Å². The lowest BCUT2D eigenvalue weighted by atomic mass is 9.92. The van der Waals surface area contributed by atoms with Crippen molar-refractivity contribution in [2.24, 2.45) is 12.8 Å². The van der Waals surface area contributed by atoms with Gasteiger partial charge >= 0.3 is 0 Å². The summed E-state index contributed by atoms with van der Waals surface area (Å²) in [5.74, 6) is 0.581. The maximum absolute atomic E-state index is 5.66. The standard InChI is InChI=1S/C15H21N3/c1-3-12(8-9-16)13-4-6-14(7-5-13)15-10-17-18(2)11-15/h4-7,10-12H,3,8-9,16H2,1-2H3. The van der Waals surface area contributed by atoms with E-state index >= 15 is 0 Å². The number of rotatable bonds is 5. The van der Waals surface area contributed by atoms with E-state index in [1.165, 1.54) is 11.1 Å². The summed E-state index contributed by atoms with van der Waals surface area (Å²) >= 11 is 0. The fourth-order valence-corrected chi connectivity index (χ4v) is 2.33. The zero-order chi connectivity index (χ0) is 13.0. The molecule has 1 aromatic carbocycles. The van der Waals surface area contributed by atoms with Crippen molar-refractivity contribution in [3.63, 3.8) is 0 Å². The predicted octanol–water partition coefficient (Wildman–Crippen LogP) is 2.93. The lowest BCUT2D eigenvalue weighted by Gasteiger charge is -2.14. The molecule has 0 radical (unpaired) electrons. The van der Waals surface area contributed by atoms with E-state index in [-0.39, 0.29) is 0 Å². The summed E-state index contributed by atoms with van der Waals surface area (Å²) in [6.45, 7) is 2.97. The van der Waals surface area contributed by atoms with Crippen LogP contribution in [0.1, 0.15) is 31.2 Å². The first-order valence-corrected chi connectivity index (χ1v) is 6.53. The molecule has 2 N–H and O–H groups in total. The monoisotopic (exact) mass is 243 g/mol. The third-order valence-electron chi connectivity index (χ3n) is 3.43. The minimum Gasteiger partial charge on any atom is -0.330 e. The summed E-state index contributed by atoms with van der Waals surface area (Å²) in [7, 11) is 1.94. The smallest absolute Gasteiger partial charge is 0.0568 e. The molecule has 0 saturated heterocycles. The van der Waals surface area contributed by atoms with Crippen molar-refractivity contribution < 1.29 is 0 Å². The molecule has 3 heteroatoms. The van der Waals surface area contributed by atoms with E-state index in [9.17, 15) is 0 Å². The van der Waals surface area contributed by atoms with Crippen molar-refractivity contribution in [1.29, 1.82) is 0 Å². The average Bonchev–Trinajstić information content (AvgIpc) is 2.83. The largest absolute Gasteiger partial charge is 0.330 e. The average molecular weight is 243 g/mol. The van der Waals surface area contributed by atoms with E-state index < -0.39 is 0 Å². The van der Waals surface area contributed by atoms with Gasteiger partial charge in [0.05, 0.1) is 6.20 Å². The van der Waals surface area contributed by atoms with Crippen LogP contribution in [0.4, 0.5) is 0 Å². The zero-order valence-electron chi connectivity index (χ0n) is 11.1. The predicted molar refractivity (Wildman–Crippen MR) is 75.3 cm³/mol. The van der Waals surface area contributed by atoms with Crippen molar-refractivity contribution in [3.8, 4) is 11.1 Å². The number of aryl methyl sites for hydroxylation is 1. The molecule has 18 heavy (non-hydrogen) atoms. The highest BCUT2D eigenvalue weighted by molar-refractivity contribution is 5.62. The fourth-order valence-electron chi connectivity index (χ4n) is 2.33. The Hall–Kier alpha value is -1.61. The van der Waals surface area contributed by atoms with Gasteiger partial charge in [-0.15, -0.1) is 0 Å². The Bertz CT molecular complexity index is 485. The van der Waals surface area contributed by atoms with Crippen molar-refractivity contribution in [2.45, 2.75) is 25.7 Å². The van der Waals surface area contributed by atoms with Gasteiger partial charge < -0.3 is 5.73 Å². The summed E-state index contributed by atoms with van der Waals surface area (Å²) < 4.78 is 1.83. The quantitative estimate of drug-likeness (QED) is 0.877. The van der Waals surface area contributed by atoms with Crippen LogP contribution in [0.2, 0.25) is 0 Å². The van der Waals surface area contributed by atoms with Crippen molar-refractivity contribution in [1.82, 2.24) is 9.78 Å². The molecule has 0 aliphatic heterocycles. The first-order valence-electron chi connectivity index (χ1n) is 6.53. The number of nitrogens with two attached hydrogens (primary N) is 1. The number of nitrogens with zero attached hydrogens (tertiary/aromatic N) is 2. The van der Waals surface area contributed by atoms with Gasteiger partial charge in [0.25, 0.3) is 0 Å². The molecule has 2 aromatic rings. The van der Waals surface area contributed by atoms with Gasteiger partial charge in [-0.25, -0.2) is 0 Å². The Balaban J connectivity index is 2.19. The number of benzene rings is 1. The molecule has 1 aromatic heterocycles. The third kappa shape index (κ3) is 2.79. The highest BCUT2D eigenvalue weighted by atomic mass is 15.2. The maximum atomic E-state index is 5.66. The number of aromatic nitrogens is 2. The molecule has 96 valence electrons. The Morgan fingerprint density at radius 1 is 1.22 bits per heavy atom.